The topological polar surface area (TPSA) is 59.3 Å². The van der Waals surface area contributed by atoms with Gasteiger partial charge in [0.2, 0.25) is 0 Å². The molecule has 0 fully saturated rings. The molecule has 0 spiro atoms. The fourth-order valence-corrected chi connectivity index (χ4v) is 2.93. The van der Waals surface area contributed by atoms with Crippen molar-refractivity contribution in [1.29, 1.82) is 0 Å². The Bertz CT molecular complexity index is 862. The van der Waals surface area contributed by atoms with E-state index in [1.165, 1.54) is 0 Å². The Balaban J connectivity index is 1.83. The van der Waals surface area contributed by atoms with Gasteiger partial charge in [0.1, 0.15) is 5.56 Å². The minimum atomic E-state index is -0.217. The molecule has 3 rings (SSSR count). The van der Waals surface area contributed by atoms with E-state index in [4.69, 9.17) is 11.6 Å². The summed E-state index contributed by atoms with van der Waals surface area (Å²) in [6.45, 7) is 2.13. The maximum absolute atomic E-state index is 12.4. The first-order valence-corrected chi connectivity index (χ1v) is 7.75. The highest BCUT2D eigenvalue weighted by atomic mass is 79.9. The smallest absolute Gasteiger partial charge is 0.257 e. The predicted molar refractivity (Wildman–Crippen MR) is 88.0 cm³/mol. The van der Waals surface area contributed by atoms with E-state index in [0.29, 0.717) is 28.5 Å². The summed E-state index contributed by atoms with van der Waals surface area (Å²) in [4.78, 5) is 16.6. The van der Waals surface area contributed by atoms with Gasteiger partial charge in [-0.15, -0.1) is 0 Å². The molecular formula is C15H12BrClN4O. The highest BCUT2D eigenvalue weighted by molar-refractivity contribution is 9.10. The zero-order chi connectivity index (χ0) is 15.7. The molecule has 0 aliphatic rings. The van der Waals surface area contributed by atoms with Gasteiger partial charge < -0.3 is 5.32 Å². The van der Waals surface area contributed by atoms with Crippen LogP contribution in [0.3, 0.4) is 0 Å². The average molecular weight is 380 g/mol. The molecule has 5 nitrogen and oxygen atoms in total. The van der Waals surface area contributed by atoms with Crippen LogP contribution in [-0.4, -0.2) is 20.5 Å². The van der Waals surface area contributed by atoms with Crippen LogP contribution in [0.4, 0.5) is 0 Å². The number of nitrogens with zero attached hydrogens (tertiary/aromatic N) is 3. The number of fused-ring (bicyclic) bond motifs is 1. The molecule has 2 heterocycles. The first kappa shape index (κ1) is 15.0. The lowest BCUT2D eigenvalue weighted by Crippen LogP contribution is -2.23. The molecule has 1 aromatic carbocycles. The molecule has 2 aromatic heterocycles. The van der Waals surface area contributed by atoms with Gasteiger partial charge in [-0.3, -0.25) is 4.79 Å². The van der Waals surface area contributed by atoms with Crippen molar-refractivity contribution < 1.29 is 4.79 Å². The van der Waals surface area contributed by atoms with E-state index >= 15 is 0 Å². The SMILES string of the molecule is Cc1nn2cccnc2c1C(=O)NCc1ccc(Br)cc1Cl. The van der Waals surface area contributed by atoms with Crippen molar-refractivity contribution in [2.75, 3.05) is 0 Å². The third-order valence-electron chi connectivity index (χ3n) is 3.25. The second kappa shape index (κ2) is 6.06. The molecule has 0 saturated heterocycles. The van der Waals surface area contributed by atoms with Crippen LogP contribution >= 0.6 is 27.5 Å². The first-order valence-electron chi connectivity index (χ1n) is 6.58. The van der Waals surface area contributed by atoms with E-state index in [9.17, 15) is 4.79 Å². The van der Waals surface area contributed by atoms with Gasteiger partial charge in [0, 0.05) is 28.4 Å². The normalized spacial score (nSPS) is 10.9. The van der Waals surface area contributed by atoms with Gasteiger partial charge in [-0.1, -0.05) is 33.6 Å². The van der Waals surface area contributed by atoms with E-state index < -0.39 is 0 Å². The van der Waals surface area contributed by atoms with Gasteiger partial charge >= 0.3 is 0 Å². The van der Waals surface area contributed by atoms with E-state index in [0.717, 1.165) is 10.0 Å². The Labute approximate surface area is 140 Å². The summed E-state index contributed by atoms with van der Waals surface area (Å²) in [5.74, 6) is -0.217. The molecule has 1 amide bonds. The van der Waals surface area contributed by atoms with Gasteiger partial charge in [0.15, 0.2) is 5.65 Å². The van der Waals surface area contributed by atoms with Gasteiger partial charge in [0.05, 0.1) is 5.69 Å². The summed E-state index contributed by atoms with van der Waals surface area (Å²) < 4.78 is 2.49. The van der Waals surface area contributed by atoms with Gasteiger partial charge in [-0.25, -0.2) is 9.50 Å². The number of aromatic nitrogens is 3. The second-order valence-electron chi connectivity index (χ2n) is 4.77. The number of hydrogen-bond donors (Lipinski definition) is 1. The lowest BCUT2D eigenvalue weighted by atomic mass is 10.2. The maximum Gasteiger partial charge on any atom is 0.257 e. The first-order chi connectivity index (χ1) is 10.6. The van der Waals surface area contributed by atoms with E-state index in [-0.39, 0.29) is 5.91 Å². The summed E-state index contributed by atoms with van der Waals surface area (Å²) in [7, 11) is 0. The van der Waals surface area contributed by atoms with Crippen molar-refractivity contribution in [2.45, 2.75) is 13.5 Å². The van der Waals surface area contributed by atoms with Crippen LogP contribution in [0.2, 0.25) is 5.02 Å². The molecule has 0 saturated carbocycles. The molecule has 0 aliphatic heterocycles. The van der Waals surface area contributed by atoms with Crippen molar-refractivity contribution in [1.82, 2.24) is 19.9 Å². The van der Waals surface area contributed by atoms with Gasteiger partial charge in [0.25, 0.3) is 5.91 Å². The highest BCUT2D eigenvalue weighted by Crippen LogP contribution is 2.21. The van der Waals surface area contributed by atoms with E-state index in [1.54, 1.807) is 36.0 Å². The number of hydrogen-bond acceptors (Lipinski definition) is 3. The molecular weight excluding hydrogens is 368 g/mol. The van der Waals surface area contributed by atoms with Gasteiger partial charge in [-0.2, -0.15) is 5.10 Å². The average Bonchev–Trinajstić information content (AvgIpc) is 2.82. The van der Waals surface area contributed by atoms with Crippen LogP contribution in [0.5, 0.6) is 0 Å². The van der Waals surface area contributed by atoms with Crippen LogP contribution in [0.25, 0.3) is 5.65 Å². The van der Waals surface area contributed by atoms with Crippen molar-refractivity contribution in [3.05, 3.63) is 63.0 Å². The lowest BCUT2D eigenvalue weighted by molar-refractivity contribution is 0.0952. The molecule has 112 valence electrons. The Hall–Kier alpha value is -1.92. The number of benzene rings is 1. The Morgan fingerprint density at radius 2 is 2.27 bits per heavy atom. The fourth-order valence-electron chi connectivity index (χ4n) is 2.19. The van der Waals surface area contributed by atoms with E-state index in [1.807, 2.05) is 12.1 Å². The van der Waals surface area contributed by atoms with Crippen molar-refractivity contribution in [3.63, 3.8) is 0 Å². The molecule has 3 aromatic rings. The zero-order valence-corrected chi connectivity index (χ0v) is 14.0. The van der Waals surface area contributed by atoms with Gasteiger partial charge in [-0.05, 0) is 30.7 Å². The number of carbonyl (C=O) groups is 1. The molecule has 0 atom stereocenters. The van der Waals surface area contributed by atoms with Crippen LogP contribution in [0, 0.1) is 6.92 Å². The van der Waals surface area contributed by atoms with Crippen LogP contribution in [0.15, 0.2) is 41.1 Å². The molecule has 22 heavy (non-hydrogen) atoms. The van der Waals surface area contributed by atoms with Crippen molar-refractivity contribution >= 4 is 39.1 Å². The summed E-state index contributed by atoms with van der Waals surface area (Å²) in [5, 5.41) is 7.74. The zero-order valence-electron chi connectivity index (χ0n) is 11.7. The number of aryl methyl sites for hydroxylation is 1. The number of rotatable bonds is 3. The third-order valence-corrected chi connectivity index (χ3v) is 4.10. The molecule has 0 unspecified atom stereocenters. The minimum absolute atomic E-state index is 0.217. The van der Waals surface area contributed by atoms with Crippen molar-refractivity contribution in [3.8, 4) is 0 Å². The number of halogens is 2. The summed E-state index contributed by atoms with van der Waals surface area (Å²) in [6.07, 6.45) is 3.40. The monoisotopic (exact) mass is 378 g/mol. The second-order valence-corrected chi connectivity index (χ2v) is 6.09. The Morgan fingerprint density at radius 1 is 1.45 bits per heavy atom. The molecule has 1 N–H and O–H groups in total. The molecule has 0 radical (unpaired) electrons. The maximum atomic E-state index is 12.4. The Kier molecular flexibility index (Phi) is 4.13. The Morgan fingerprint density at radius 3 is 3.05 bits per heavy atom. The van der Waals surface area contributed by atoms with Crippen LogP contribution in [0.1, 0.15) is 21.6 Å². The summed E-state index contributed by atoms with van der Waals surface area (Å²) in [5.41, 5.74) is 2.51. The largest absolute Gasteiger partial charge is 0.348 e. The van der Waals surface area contributed by atoms with E-state index in [2.05, 4.69) is 31.3 Å². The standard InChI is InChI=1S/C15H12BrClN4O/c1-9-13(14-18-5-2-6-21(14)20-9)15(22)19-8-10-3-4-11(16)7-12(10)17/h2-7H,8H2,1H3,(H,19,22). The third kappa shape index (κ3) is 2.84. The molecule has 0 bridgehead atoms. The fraction of sp³-hybridized carbons (Fsp3) is 0.133. The predicted octanol–water partition coefficient (Wildman–Crippen LogP) is 3.38. The number of nitrogens with one attached hydrogen (secondary N) is 1. The molecule has 7 heteroatoms. The minimum Gasteiger partial charge on any atom is -0.348 e. The van der Waals surface area contributed by atoms with Crippen LogP contribution in [-0.2, 0) is 6.54 Å². The van der Waals surface area contributed by atoms with Crippen LogP contribution < -0.4 is 5.32 Å². The van der Waals surface area contributed by atoms with Crippen molar-refractivity contribution in [2.24, 2.45) is 0 Å². The number of carbonyl (C=O) groups excluding carboxylic acids is 1. The summed E-state index contributed by atoms with van der Waals surface area (Å²) in [6, 6.07) is 7.32. The number of amides is 1. The summed E-state index contributed by atoms with van der Waals surface area (Å²) >= 11 is 9.51. The quantitative estimate of drug-likeness (QED) is 0.759. The molecule has 0 aliphatic carbocycles. The lowest BCUT2D eigenvalue weighted by Gasteiger charge is -2.07. The highest BCUT2D eigenvalue weighted by Gasteiger charge is 2.17.